The summed E-state index contributed by atoms with van der Waals surface area (Å²) in [6.07, 6.45) is 17.8. The molecule has 0 aromatic carbocycles. The van der Waals surface area contributed by atoms with Crippen LogP contribution in [-0.4, -0.2) is 26.5 Å². The van der Waals surface area contributed by atoms with Crippen molar-refractivity contribution in [1.82, 2.24) is 0 Å². The van der Waals surface area contributed by atoms with Gasteiger partial charge < -0.3 is 2.85 Å². The van der Waals surface area contributed by atoms with Gasteiger partial charge >= 0.3 is 141 Å². The molecule has 0 atom stereocenters. The molecule has 3 heteroatoms. The van der Waals surface area contributed by atoms with E-state index in [1.54, 1.807) is 0 Å². The molecule has 0 fully saturated rings. The summed E-state index contributed by atoms with van der Waals surface area (Å²) in [5, 5.41) is 0. The van der Waals surface area contributed by atoms with E-state index in [1.165, 1.54) is 8.81 Å². The summed E-state index contributed by atoms with van der Waals surface area (Å²) in [7, 11) is 0. The summed E-state index contributed by atoms with van der Waals surface area (Å²) in [5.74, 6) is 14.4. The number of rotatable bonds is 2. The van der Waals surface area contributed by atoms with Gasteiger partial charge in [0.05, 0.1) is 0 Å². The fourth-order valence-electron chi connectivity index (χ4n) is 1.84. The average Bonchev–Trinajstić information content (AvgIpc) is 2.91. The van der Waals surface area contributed by atoms with E-state index < -0.39 is 26.5 Å². The van der Waals surface area contributed by atoms with Crippen LogP contribution in [0.15, 0.2) is 33.1 Å². The molecule has 2 rings (SSSR count). The van der Waals surface area contributed by atoms with Crippen molar-refractivity contribution in [3.8, 4) is 0 Å². The van der Waals surface area contributed by atoms with Crippen LogP contribution in [0.5, 0.6) is 0 Å². The van der Waals surface area contributed by atoms with Crippen molar-refractivity contribution in [3.05, 3.63) is 45.3 Å². The predicted octanol–water partition coefficient (Wildman–Crippen LogP) is 5.33. The van der Waals surface area contributed by atoms with Crippen molar-refractivity contribution in [2.24, 2.45) is 0 Å². The van der Waals surface area contributed by atoms with Crippen LogP contribution < -0.4 is 0 Å². The van der Waals surface area contributed by atoms with Gasteiger partial charge in [-0.2, -0.15) is 0 Å². The molecule has 19 heavy (non-hydrogen) atoms. The van der Waals surface area contributed by atoms with Crippen LogP contribution in [0.2, 0.25) is 34.5 Å². The third kappa shape index (κ3) is 7.36. The van der Waals surface area contributed by atoms with Crippen LogP contribution in [0, 0.1) is 12.2 Å². The third-order valence-corrected chi connectivity index (χ3v) is 11.2. The summed E-state index contributed by atoms with van der Waals surface area (Å²) in [6.45, 7) is 0. The number of allylic oxidation sites excluding steroid dienone is 8. The van der Waals surface area contributed by atoms with Crippen molar-refractivity contribution in [3.63, 3.8) is 0 Å². The van der Waals surface area contributed by atoms with Crippen LogP contribution in [0.3, 0.4) is 0 Å². The fraction of sp³-hybridized carbons (Fsp3) is 0.500. The molecule has 2 aliphatic carbocycles. The van der Waals surface area contributed by atoms with E-state index in [-0.39, 0.29) is 24.6 Å². The number of hydrogen-bond donors (Lipinski definition) is 0. The van der Waals surface area contributed by atoms with Crippen LogP contribution in [0.1, 0.15) is 15.7 Å². The van der Waals surface area contributed by atoms with Gasteiger partial charge in [-0.1, -0.05) is 0 Å². The average molecular weight is 413 g/mol. The second-order valence-electron chi connectivity index (χ2n) is 6.89. The van der Waals surface area contributed by atoms with E-state index in [4.69, 9.17) is 0 Å². The first kappa shape index (κ1) is 19.8. The molecule has 0 nitrogen and oxygen atoms in total. The molecule has 0 bridgehead atoms. The summed E-state index contributed by atoms with van der Waals surface area (Å²) in [4.78, 5) is 0. The number of hydrogen-bond acceptors (Lipinski definition) is 0. The van der Waals surface area contributed by atoms with Gasteiger partial charge in [-0.25, -0.2) is 0 Å². The molecule has 0 N–H and O–H groups in total. The fourth-order valence-corrected chi connectivity index (χ4v) is 7.09. The molecule has 2 aliphatic rings. The smallest absolute Gasteiger partial charge is 1.00 e. The Hall–Kier alpha value is 0.760. The molecule has 0 spiro atoms. The van der Waals surface area contributed by atoms with E-state index in [9.17, 15) is 0 Å². The summed E-state index contributed by atoms with van der Waals surface area (Å²) < 4.78 is 3.07. The third-order valence-electron chi connectivity index (χ3n) is 3.01. The molecule has 0 saturated heterocycles. The summed E-state index contributed by atoms with van der Waals surface area (Å²) in [6, 6.07) is 0. The Balaban J connectivity index is -0.000000270. The molecule has 0 aliphatic heterocycles. The molecular weight excluding hydrogens is 385 g/mol. The van der Waals surface area contributed by atoms with Gasteiger partial charge in [0.15, 0.2) is 0 Å². The van der Waals surface area contributed by atoms with Crippen LogP contribution in [-0.2, 0) is 21.7 Å². The van der Waals surface area contributed by atoms with Crippen molar-refractivity contribution in [2.45, 2.75) is 47.4 Å². The van der Waals surface area contributed by atoms with E-state index >= 15 is 0 Å². The van der Waals surface area contributed by atoms with Crippen LogP contribution in [0.4, 0.5) is 0 Å². The van der Waals surface area contributed by atoms with E-state index in [0.29, 0.717) is 0 Å². The van der Waals surface area contributed by atoms with Crippen molar-refractivity contribution in [1.29, 1.82) is 0 Å². The second-order valence-corrected chi connectivity index (χ2v) is 28.0. The van der Waals surface area contributed by atoms with Crippen molar-refractivity contribution in [2.75, 3.05) is 0 Å². The molecule has 106 valence electrons. The second kappa shape index (κ2) is 8.26. The molecule has 0 amide bonds. The van der Waals surface area contributed by atoms with Gasteiger partial charge in [-0.15, -0.1) is 0 Å². The van der Waals surface area contributed by atoms with Gasteiger partial charge in [0.25, 0.3) is 0 Å². The van der Waals surface area contributed by atoms with Gasteiger partial charge in [-0.3, -0.25) is 0 Å². The zero-order valence-corrected chi connectivity index (χ0v) is 19.0. The Morgan fingerprint density at radius 3 is 1.21 bits per heavy atom. The molecule has 0 saturated carbocycles. The van der Waals surface area contributed by atoms with Gasteiger partial charge in [0.2, 0.25) is 0 Å². The first-order chi connectivity index (χ1) is 8.21. The zero-order chi connectivity index (χ0) is 13.8. The standard InChI is InChI=1S/2C8H13Ge.Ti.2H/c2*1-9(2,3)8-6-4-5-7-8;;;/h2*4,6H,5H2,1-3H3;;;/q2*-1;+2;2*-1. The Kier molecular flexibility index (Phi) is 8.59. The maximum absolute atomic E-state index is 3.39. The first-order valence-corrected chi connectivity index (χ1v) is 21.5. The Morgan fingerprint density at radius 2 is 1.11 bits per heavy atom. The topological polar surface area (TPSA) is 0 Å². The van der Waals surface area contributed by atoms with Crippen LogP contribution in [0.25, 0.3) is 0 Å². The molecular formula is C16H28Ge2Ti-2. The SMILES string of the molecule is [CH3][Ge]([CH3])([CH3])[C]1=[C-]CC=C1.[CH3][Ge]([CH3])([CH3])[C]1=[C-]CC=C1.[H-].[H-].[Ti+2]. The molecule has 0 unspecified atom stereocenters. The van der Waals surface area contributed by atoms with E-state index in [1.807, 2.05) is 0 Å². The minimum atomic E-state index is -1.46. The maximum Gasteiger partial charge on any atom is 2.00 e. The summed E-state index contributed by atoms with van der Waals surface area (Å²) >= 11 is -2.92. The Morgan fingerprint density at radius 1 is 0.789 bits per heavy atom. The first-order valence-electron chi connectivity index (χ1n) is 6.77. The van der Waals surface area contributed by atoms with Gasteiger partial charge in [0.1, 0.15) is 0 Å². The largest absolute Gasteiger partial charge is 2.00 e. The van der Waals surface area contributed by atoms with E-state index in [0.717, 1.165) is 12.8 Å². The van der Waals surface area contributed by atoms with Crippen LogP contribution >= 0.6 is 0 Å². The molecule has 0 heterocycles. The Labute approximate surface area is 143 Å². The molecule has 0 aromatic heterocycles. The maximum atomic E-state index is 3.39. The monoisotopic (exact) mass is 416 g/mol. The summed E-state index contributed by atoms with van der Waals surface area (Å²) in [5.41, 5.74) is 0. The van der Waals surface area contributed by atoms with Crippen molar-refractivity contribution < 1.29 is 24.6 Å². The molecule has 0 aromatic rings. The Bertz CT molecular complexity index is 371. The van der Waals surface area contributed by atoms with Gasteiger partial charge in [-0.05, 0) is 0 Å². The molecule has 0 radical (unpaired) electrons. The zero-order valence-electron chi connectivity index (χ0n) is 15.2. The van der Waals surface area contributed by atoms with Crippen molar-refractivity contribution >= 4 is 26.5 Å². The van der Waals surface area contributed by atoms with E-state index in [2.05, 4.69) is 71.0 Å². The normalized spacial score (nSPS) is 17.4. The predicted molar refractivity (Wildman–Crippen MR) is 89.9 cm³/mol. The minimum Gasteiger partial charge on any atom is -1.00 e. The van der Waals surface area contributed by atoms with Gasteiger partial charge in [0, 0.05) is 0 Å². The quantitative estimate of drug-likeness (QED) is 0.424. The minimum absolute atomic E-state index is 0.